The van der Waals surface area contributed by atoms with Crippen molar-refractivity contribution in [2.24, 2.45) is 0 Å². The van der Waals surface area contributed by atoms with Crippen LogP contribution >= 0.6 is 0 Å². The van der Waals surface area contributed by atoms with Gasteiger partial charge >= 0.3 is 29.6 Å². The number of benzene rings is 2. The van der Waals surface area contributed by atoms with Gasteiger partial charge in [-0.1, -0.05) is 44.0 Å². The maximum atomic E-state index is 11.7. The fourth-order valence-electron chi connectivity index (χ4n) is 3.05. The SMILES string of the molecule is CCCCC(CS(=O)(=O)O)(c1ccc(O)cc1)c1ccc(O)cc1.[H-].[Na+]. The Kier molecular flexibility index (Phi) is 7.96. The van der Waals surface area contributed by atoms with E-state index in [2.05, 4.69) is 0 Å². The van der Waals surface area contributed by atoms with Crippen molar-refractivity contribution in [2.45, 2.75) is 31.6 Å². The van der Waals surface area contributed by atoms with Gasteiger partial charge in [-0.3, -0.25) is 4.55 Å². The van der Waals surface area contributed by atoms with Crippen LogP contribution in [0.4, 0.5) is 0 Å². The predicted octanol–water partition coefficient (Wildman–Crippen LogP) is 0.578. The van der Waals surface area contributed by atoms with Crippen molar-refractivity contribution < 1.29 is 54.2 Å². The van der Waals surface area contributed by atoms with Crippen molar-refractivity contribution in [3.8, 4) is 11.5 Å². The largest absolute Gasteiger partial charge is 1.00 e. The van der Waals surface area contributed by atoms with Gasteiger partial charge in [0.25, 0.3) is 10.1 Å². The van der Waals surface area contributed by atoms with E-state index in [0.717, 1.165) is 12.8 Å². The van der Waals surface area contributed by atoms with Gasteiger partial charge in [-0.2, -0.15) is 8.42 Å². The first kappa shape index (κ1) is 22.0. The van der Waals surface area contributed by atoms with E-state index in [0.29, 0.717) is 17.5 Å². The summed E-state index contributed by atoms with van der Waals surface area (Å²) in [7, 11) is -4.25. The first-order valence-corrected chi connectivity index (χ1v) is 9.42. The molecule has 0 saturated heterocycles. The van der Waals surface area contributed by atoms with E-state index in [-0.39, 0.29) is 42.5 Å². The molecule has 0 saturated carbocycles. The van der Waals surface area contributed by atoms with Crippen molar-refractivity contribution in [3.05, 3.63) is 59.7 Å². The Morgan fingerprint density at radius 1 is 0.920 bits per heavy atom. The van der Waals surface area contributed by atoms with Gasteiger partial charge < -0.3 is 11.6 Å². The molecule has 3 N–H and O–H groups in total. The minimum atomic E-state index is -4.25. The van der Waals surface area contributed by atoms with Crippen LogP contribution in [0.2, 0.25) is 0 Å². The van der Waals surface area contributed by atoms with Gasteiger partial charge in [0.1, 0.15) is 11.5 Å². The number of hydrogen-bond donors (Lipinski definition) is 3. The normalized spacial score (nSPS) is 11.8. The molecule has 5 nitrogen and oxygen atoms in total. The molecule has 2 rings (SSSR count). The first-order chi connectivity index (χ1) is 11.3. The summed E-state index contributed by atoms with van der Waals surface area (Å²) < 4.78 is 33.1. The fraction of sp³-hybridized carbons (Fsp3) is 0.333. The Balaban J connectivity index is 0.00000312. The van der Waals surface area contributed by atoms with Crippen LogP contribution in [0.25, 0.3) is 0 Å². The average Bonchev–Trinajstić information content (AvgIpc) is 2.52. The molecular weight excluding hydrogens is 351 g/mol. The van der Waals surface area contributed by atoms with Crippen molar-refractivity contribution in [2.75, 3.05) is 5.75 Å². The zero-order chi connectivity index (χ0) is 17.8. The van der Waals surface area contributed by atoms with E-state index in [1.165, 1.54) is 24.3 Å². The van der Waals surface area contributed by atoms with Crippen LogP contribution in [-0.4, -0.2) is 28.9 Å². The predicted molar refractivity (Wildman–Crippen MR) is 94.0 cm³/mol. The number of hydrogen-bond acceptors (Lipinski definition) is 4. The van der Waals surface area contributed by atoms with Gasteiger partial charge in [0.05, 0.1) is 5.75 Å². The first-order valence-electron chi connectivity index (χ1n) is 7.81. The van der Waals surface area contributed by atoms with E-state index in [4.69, 9.17) is 0 Å². The molecule has 0 aromatic heterocycles. The molecule has 0 aliphatic rings. The molecule has 2 aromatic rings. The van der Waals surface area contributed by atoms with Crippen LogP contribution < -0.4 is 29.6 Å². The van der Waals surface area contributed by atoms with Crippen molar-refractivity contribution >= 4 is 10.1 Å². The molecule has 0 spiro atoms. The molecule has 0 atom stereocenters. The maximum absolute atomic E-state index is 11.7. The van der Waals surface area contributed by atoms with Crippen molar-refractivity contribution in [3.63, 3.8) is 0 Å². The van der Waals surface area contributed by atoms with E-state index in [9.17, 15) is 23.2 Å². The average molecular weight is 374 g/mol. The van der Waals surface area contributed by atoms with Crippen molar-refractivity contribution in [1.29, 1.82) is 0 Å². The van der Waals surface area contributed by atoms with Gasteiger partial charge in [-0.25, -0.2) is 0 Å². The Bertz CT molecular complexity index is 731. The van der Waals surface area contributed by atoms with Gasteiger partial charge in [0, 0.05) is 5.41 Å². The summed E-state index contributed by atoms with van der Waals surface area (Å²) in [5.41, 5.74) is 0.430. The topological polar surface area (TPSA) is 94.8 Å². The third-order valence-electron chi connectivity index (χ3n) is 4.23. The van der Waals surface area contributed by atoms with Crippen LogP contribution in [0.5, 0.6) is 11.5 Å². The summed E-state index contributed by atoms with van der Waals surface area (Å²) in [6.45, 7) is 2.01. The quantitative estimate of drug-likeness (QED) is 0.487. The summed E-state index contributed by atoms with van der Waals surface area (Å²) >= 11 is 0. The van der Waals surface area contributed by atoms with E-state index >= 15 is 0 Å². The van der Waals surface area contributed by atoms with Crippen LogP contribution in [0, 0.1) is 0 Å². The summed E-state index contributed by atoms with van der Waals surface area (Å²) in [6.07, 6.45) is 2.14. The summed E-state index contributed by atoms with van der Waals surface area (Å²) in [6, 6.07) is 12.7. The summed E-state index contributed by atoms with van der Waals surface area (Å²) in [5, 5.41) is 19.1. The van der Waals surface area contributed by atoms with Crippen LogP contribution in [-0.2, 0) is 15.5 Å². The molecule has 0 bridgehead atoms. The molecule has 132 valence electrons. The second-order valence-corrected chi connectivity index (χ2v) is 7.46. The molecule has 0 aliphatic carbocycles. The standard InChI is InChI=1S/C18H22O5S.Na.H/c1-2-3-12-18(13-24(21,22)23,14-4-8-16(19)9-5-14)15-6-10-17(20)11-7-15;;/h4-11,19-20H,2-3,12-13H2,1H3,(H,21,22,23);;/q;+1;-1. The van der Waals surface area contributed by atoms with E-state index in [1.807, 2.05) is 6.92 Å². The van der Waals surface area contributed by atoms with E-state index < -0.39 is 21.3 Å². The van der Waals surface area contributed by atoms with Gasteiger partial charge in [-0.15, -0.1) is 0 Å². The molecule has 7 heteroatoms. The maximum Gasteiger partial charge on any atom is 1.00 e. The Labute approximate surface area is 172 Å². The van der Waals surface area contributed by atoms with E-state index in [1.54, 1.807) is 24.3 Å². The second-order valence-electron chi connectivity index (χ2n) is 6.01. The molecule has 0 aliphatic heterocycles. The summed E-state index contributed by atoms with van der Waals surface area (Å²) in [5.74, 6) is -0.295. The van der Waals surface area contributed by atoms with Crippen LogP contribution in [0.3, 0.4) is 0 Å². The molecular formula is C18H23NaO5S. The van der Waals surface area contributed by atoms with Crippen LogP contribution in [0.15, 0.2) is 48.5 Å². The Morgan fingerprint density at radius 2 is 1.32 bits per heavy atom. The molecule has 0 fully saturated rings. The number of phenolic OH excluding ortho intramolecular Hbond substituents is 2. The van der Waals surface area contributed by atoms with Gasteiger partial charge in [-0.05, 0) is 41.8 Å². The minimum Gasteiger partial charge on any atom is -1.00 e. The van der Waals surface area contributed by atoms with Crippen molar-refractivity contribution in [1.82, 2.24) is 0 Å². The minimum absolute atomic E-state index is 0. The molecule has 0 heterocycles. The fourth-order valence-corrected chi connectivity index (χ4v) is 4.15. The zero-order valence-electron chi connectivity index (χ0n) is 15.5. The molecule has 0 radical (unpaired) electrons. The monoisotopic (exact) mass is 374 g/mol. The molecule has 25 heavy (non-hydrogen) atoms. The number of rotatable bonds is 7. The third-order valence-corrected chi connectivity index (χ3v) is 5.08. The number of unbranched alkanes of at least 4 members (excludes halogenated alkanes) is 1. The number of aromatic hydroxyl groups is 2. The Morgan fingerprint density at radius 3 is 1.64 bits per heavy atom. The smallest absolute Gasteiger partial charge is 1.00 e. The molecule has 2 aromatic carbocycles. The van der Waals surface area contributed by atoms with Crippen LogP contribution in [0.1, 0.15) is 38.7 Å². The second kappa shape index (κ2) is 9.05. The molecule has 0 amide bonds. The number of phenols is 2. The Hall–Kier alpha value is -1.05. The van der Waals surface area contributed by atoms with Gasteiger partial charge in [0.2, 0.25) is 0 Å². The zero-order valence-corrected chi connectivity index (χ0v) is 17.3. The third kappa shape index (κ3) is 5.72. The van der Waals surface area contributed by atoms with Gasteiger partial charge in [0.15, 0.2) is 0 Å². The molecule has 0 unspecified atom stereocenters. The summed E-state index contributed by atoms with van der Waals surface area (Å²) in [4.78, 5) is 0.